The molecule has 3 amide bonds. The molecule has 2 spiro atoms. The Kier molecular flexibility index (Phi) is 13.9. The number of hydrogen-bond acceptors (Lipinski definition) is 22. The van der Waals surface area contributed by atoms with E-state index in [-0.39, 0.29) is 0 Å². The zero-order valence-electron chi connectivity index (χ0n) is 31.7. The van der Waals surface area contributed by atoms with Crippen molar-refractivity contribution in [3.05, 3.63) is 0 Å². The highest BCUT2D eigenvalue weighted by Crippen LogP contribution is 2.42. The van der Waals surface area contributed by atoms with Crippen LogP contribution in [0.15, 0.2) is 0 Å². The molecule has 5 heterocycles. The van der Waals surface area contributed by atoms with Gasteiger partial charge >= 0.3 is 17.9 Å². The second-order valence-corrected chi connectivity index (χ2v) is 15.1. The van der Waals surface area contributed by atoms with Crippen LogP contribution in [-0.2, 0) is 61.9 Å². The van der Waals surface area contributed by atoms with Crippen molar-refractivity contribution in [3.8, 4) is 0 Å². The molecule has 5 rings (SSSR count). The Morgan fingerprint density at radius 1 is 0.644 bits per heavy atom. The molecule has 5 aliphatic rings. The van der Waals surface area contributed by atoms with Gasteiger partial charge in [0, 0.05) is 40.0 Å². The molecular weight excluding hydrogens is 806 g/mol. The first kappa shape index (κ1) is 46.3. The van der Waals surface area contributed by atoms with Gasteiger partial charge in [-0.25, -0.2) is 14.4 Å². The van der Waals surface area contributed by atoms with Gasteiger partial charge in [-0.3, -0.25) is 14.4 Å². The zero-order chi connectivity index (χ0) is 43.9. The van der Waals surface area contributed by atoms with Crippen LogP contribution in [0.3, 0.4) is 0 Å². The number of aliphatic hydroxyl groups excluding tert-OH is 8. The smallest absolute Gasteiger partial charge is 0.367 e. The molecule has 0 saturated carbocycles. The number of amides is 3. The molecule has 0 aliphatic carbocycles. The Hall–Kier alpha value is -3.74. The molecule has 0 radical (unpaired) electrons. The summed E-state index contributed by atoms with van der Waals surface area (Å²) in [5, 5.41) is 114. The first-order valence-electron chi connectivity index (χ1n) is 18.4. The Labute approximate surface area is 333 Å². The number of cyclic esters (lactones) is 2. The fraction of sp³-hybridized carbons (Fsp3) is 0.818. The summed E-state index contributed by atoms with van der Waals surface area (Å²) in [6, 6.07) is -4.69. The number of nitrogens with one attached hydrogen (secondary N) is 3. The van der Waals surface area contributed by atoms with Gasteiger partial charge in [-0.15, -0.1) is 0 Å². The number of aliphatic hydroxyl groups is 9. The summed E-state index contributed by atoms with van der Waals surface area (Å²) in [5.41, 5.74) is 0. The number of aliphatic carboxylic acids is 1. The lowest BCUT2D eigenvalue weighted by atomic mass is 9.86. The lowest BCUT2D eigenvalue weighted by Gasteiger charge is -2.53. The maximum Gasteiger partial charge on any atom is 0.367 e. The first-order valence-corrected chi connectivity index (χ1v) is 18.4. The van der Waals surface area contributed by atoms with Crippen molar-refractivity contribution in [1.29, 1.82) is 0 Å². The molecule has 18 atom stereocenters. The van der Waals surface area contributed by atoms with Crippen LogP contribution in [0, 0.1) is 0 Å². The summed E-state index contributed by atoms with van der Waals surface area (Å²) >= 11 is 0. The SMILES string of the molecule is CC(=O)N[C@H]1[C@H]([C@H](O)[C@H](O)CO)O[C@@]2(C[C@@H]1O)O[C@@H]([C@@H](O)[C@@H]1O[C@@]3(C[C@H](O)[C@H]1NC(C)=O)O[C@@H]([C@@H](O)[C@@H]1O[C@](O)(C(=O)O)C[C@H](O)[C@H]1NC(C)=O)COC3=O)COC2=O. The van der Waals surface area contributed by atoms with Crippen molar-refractivity contribution in [3.63, 3.8) is 0 Å². The quantitative estimate of drug-likeness (QED) is 0.0858. The lowest BCUT2D eigenvalue weighted by Crippen LogP contribution is -2.73. The summed E-state index contributed by atoms with van der Waals surface area (Å²) in [6.45, 7) is 0.452. The van der Waals surface area contributed by atoms with E-state index in [1.54, 1.807) is 0 Å². The molecule has 26 nitrogen and oxygen atoms in total. The van der Waals surface area contributed by atoms with Crippen molar-refractivity contribution >= 4 is 35.6 Å². The second-order valence-electron chi connectivity index (χ2n) is 15.1. The van der Waals surface area contributed by atoms with Crippen molar-refractivity contribution in [2.45, 2.75) is 149 Å². The summed E-state index contributed by atoms with van der Waals surface area (Å²) in [4.78, 5) is 74.9. The average Bonchev–Trinajstić information content (AvgIpc) is 3.15. The van der Waals surface area contributed by atoms with Gasteiger partial charge < -0.3 is 100 Å². The van der Waals surface area contributed by atoms with Crippen LogP contribution in [0.2, 0.25) is 0 Å². The van der Waals surface area contributed by atoms with E-state index >= 15 is 0 Å². The van der Waals surface area contributed by atoms with Crippen molar-refractivity contribution in [1.82, 2.24) is 16.0 Å². The molecule has 59 heavy (non-hydrogen) atoms. The largest absolute Gasteiger partial charge is 0.477 e. The maximum atomic E-state index is 13.5. The fourth-order valence-corrected chi connectivity index (χ4v) is 7.81. The predicted octanol–water partition coefficient (Wildman–Crippen LogP) is -8.56. The van der Waals surface area contributed by atoms with E-state index < -0.39 is 183 Å². The Morgan fingerprint density at radius 3 is 1.41 bits per heavy atom. The third-order valence-corrected chi connectivity index (χ3v) is 10.6. The Morgan fingerprint density at radius 2 is 1.02 bits per heavy atom. The third kappa shape index (κ3) is 9.30. The fourth-order valence-electron chi connectivity index (χ4n) is 7.81. The molecule has 0 aromatic heterocycles. The van der Waals surface area contributed by atoms with Crippen molar-refractivity contribution < 1.29 is 113 Å². The van der Waals surface area contributed by atoms with E-state index in [9.17, 15) is 79.8 Å². The number of carboxylic acid groups (broad SMARTS) is 1. The van der Waals surface area contributed by atoms with Gasteiger partial charge in [0.05, 0.1) is 43.0 Å². The van der Waals surface area contributed by atoms with Crippen molar-refractivity contribution in [2.24, 2.45) is 0 Å². The highest BCUT2D eigenvalue weighted by atomic mass is 16.8. The van der Waals surface area contributed by atoms with Gasteiger partial charge in [0.1, 0.15) is 68.1 Å². The number of rotatable bonds is 11. The minimum absolute atomic E-state index is 0.730. The topological polar surface area (TPSA) is 405 Å². The molecular formula is C33H49N3O23. The summed E-state index contributed by atoms with van der Waals surface area (Å²) < 4.78 is 39.3. The lowest BCUT2D eigenvalue weighted by molar-refractivity contribution is -0.373. The average molecular weight is 856 g/mol. The maximum absolute atomic E-state index is 13.5. The molecule has 5 fully saturated rings. The minimum Gasteiger partial charge on any atom is -0.477 e. The van der Waals surface area contributed by atoms with Gasteiger partial charge in [-0.1, -0.05) is 0 Å². The van der Waals surface area contributed by atoms with Gasteiger partial charge in [-0.2, -0.15) is 0 Å². The first-order chi connectivity index (χ1) is 27.5. The van der Waals surface area contributed by atoms with Crippen LogP contribution >= 0.6 is 0 Å². The molecule has 26 heteroatoms. The van der Waals surface area contributed by atoms with Gasteiger partial charge in [0.15, 0.2) is 0 Å². The van der Waals surface area contributed by atoms with Crippen LogP contribution in [-0.4, -0.2) is 215 Å². The third-order valence-electron chi connectivity index (χ3n) is 10.6. The molecule has 0 unspecified atom stereocenters. The molecule has 5 saturated heterocycles. The van der Waals surface area contributed by atoms with Gasteiger partial charge in [-0.05, 0) is 0 Å². The predicted molar refractivity (Wildman–Crippen MR) is 180 cm³/mol. The monoisotopic (exact) mass is 855 g/mol. The normalized spacial score (nSPS) is 42.1. The summed E-state index contributed by atoms with van der Waals surface area (Å²) in [5.74, 6) is -15.5. The highest BCUT2D eigenvalue weighted by Gasteiger charge is 2.64. The van der Waals surface area contributed by atoms with E-state index in [1.165, 1.54) is 0 Å². The number of hydrogen-bond donors (Lipinski definition) is 13. The molecule has 0 aromatic carbocycles. The Balaban J connectivity index is 1.45. The van der Waals surface area contributed by atoms with E-state index in [0.717, 1.165) is 20.8 Å². The second kappa shape index (κ2) is 17.7. The van der Waals surface area contributed by atoms with E-state index in [2.05, 4.69) is 16.0 Å². The standard InChI is InChI=1S/C33H49N3O23/c1-10(38)34-19-13(41)4-31(52,28(48)49)57-26(19)23(46)17-8-53-30(51)33(55-17)6-15(43)21(36-12(3)40)27(59-33)24(47)18-9-54-29(50)32(56-18)5-14(42)20(35-11(2)39)25(58-32)22(45)16(44)7-37/h13-27,37,41-47,52H,4-9H2,1-3H3,(H,34,38)(H,35,39)(H,36,40)(H,48,49)/t13-,14-,15-,16+,17+,18+,19+,20+,21+,22+,23+,24+,25+,26+,27+,31-,32+,33+/m0/s1. The molecule has 334 valence electrons. The van der Waals surface area contributed by atoms with Crippen LogP contribution < -0.4 is 16.0 Å². The highest BCUT2D eigenvalue weighted by molar-refractivity contribution is 5.80. The van der Waals surface area contributed by atoms with Crippen LogP contribution in [0.5, 0.6) is 0 Å². The van der Waals surface area contributed by atoms with Crippen molar-refractivity contribution in [2.75, 3.05) is 19.8 Å². The number of ether oxygens (including phenoxy) is 7. The van der Waals surface area contributed by atoms with E-state index in [0.29, 0.717) is 0 Å². The molecule has 13 N–H and O–H groups in total. The number of carbonyl (C=O) groups excluding carboxylic acids is 5. The molecule has 0 aromatic rings. The number of carbonyl (C=O) groups is 6. The number of esters is 2. The van der Waals surface area contributed by atoms with Crippen LogP contribution in [0.1, 0.15) is 40.0 Å². The van der Waals surface area contributed by atoms with Gasteiger partial charge in [0.25, 0.3) is 17.4 Å². The summed E-state index contributed by atoms with van der Waals surface area (Å²) in [6.07, 6.45) is -25.9. The van der Waals surface area contributed by atoms with E-state index in [4.69, 9.17) is 33.2 Å². The minimum atomic E-state index is -3.08. The summed E-state index contributed by atoms with van der Waals surface area (Å²) in [7, 11) is 0. The molecule has 5 aliphatic heterocycles. The zero-order valence-corrected chi connectivity index (χ0v) is 31.7. The molecule has 0 bridgehead atoms. The van der Waals surface area contributed by atoms with Gasteiger partial charge in [0.2, 0.25) is 17.7 Å². The number of carboxylic acids is 1. The van der Waals surface area contributed by atoms with Crippen LogP contribution in [0.25, 0.3) is 0 Å². The van der Waals surface area contributed by atoms with E-state index in [1.807, 2.05) is 0 Å². The Bertz CT molecular complexity index is 1620. The van der Waals surface area contributed by atoms with Crippen LogP contribution in [0.4, 0.5) is 0 Å².